The summed E-state index contributed by atoms with van der Waals surface area (Å²) in [6, 6.07) is 16.8. The number of pyridine rings is 1. The highest BCUT2D eigenvalue weighted by molar-refractivity contribution is 5.76. The first-order valence-corrected chi connectivity index (χ1v) is 9.35. The molecule has 0 aliphatic heterocycles. The van der Waals surface area contributed by atoms with Gasteiger partial charge in [0, 0.05) is 41.1 Å². The van der Waals surface area contributed by atoms with Crippen LogP contribution >= 0.6 is 0 Å². The predicted molar refractivity (Wildman–Crippen MR) is 108 cm³/mol. The van der Waals surface area contributed by atoms with E-state index in [4.69, 9.17) is 0 Å². The molecule has 3 nitrogen and oxygen atoms in total. The van der Waals surface area contributed by atoms with E-state index in [1.165, 1.54) is 24.3 Å². The van der Waals surface area contributed by atoms with E-state index >= 15 is 0 Å². The molecule has 0 saturated heterocycles. The molecule has 1 aliphatic rings. The number of hydrogen-bond acceptors (Lipinski definition) is 2. The van der Waals surface area contributed by atoms with Gasteiger partial charge in [0.2, 0.25) is 0 Å². The van der Waals surface area contributed by atoms with Crippen LogP contribution in [-0.4, -0.2) is 15.2 Å². The first-order valence-electron chi connectivity index (χ1n) is 9.35. The number of halogens is 2. The lowest BCUT2D eigenvalue weighted by Crippen LogP contribution is -2.30. The van der Waals surface area contributed by atoms with Crippen LogP contribution < -0.4 is 0 Å². The van der Waals surface area contributed by atoms with Crippen molar-refractivity contribution in [2.75, 3.05) is 0 Å². The summed E-state index contributed by atoms with van der Waals surface area (Å²) in [7, 11) is 0. The summed E-state index contributed by atoms with van der Waals surface area (Å²) in [6.07, 6.45) is 8.01. The van der Waals surface area contributed by atoms with Gasteiger partial charge in [0.1, 0.15) is 17.3 Å². The van der Waals surface area contributed by atoms with Crippen molar-refractivity contribution in [1.82, 2.24) is 15.2 Å². The standard InChI is InChI=1S/C24H17F2N3/c25-19-7-1-5-17(12-19)24(18-6-2-8-20(26)13-18)10-9-21-22(14-24)28-29-23(21)16-4-3-11-27-15-16/h1-13,15H,14H2,(H,28,29). The fourth-order valence-corrected chi connectivity index (χ4v) is 4.08. The lowest BCUT2D eigenvalue weighted by Gasteiger charge is -2.34. The molecule has 2 aromatic carbocycles. The molecule has 0 spiro atoms. The molecule has 29 heavy (non-hydrogen) atoms. The van der Waals surface area contributed by atoms with Gasteiger partial charge < -0.3 is 0 Å². The van der Waals surface area contributed by atoms with E-state index in [9.17, 15) is 8.78 Å². The molecule has 4 aromatic rings. The van der Waals surface area contributed by atoms with Gasteiger partial charge in [0.05, 0.1) is 0 Å². The number of aromatic amines is 1. The molecule has 142 valence electrons. The van der Waals surface area contributed by atoms with E-state index in [0.717, 1.165) is 33.6 Å². The number of H-pyrrole nitrogens is 1. The lowest BCUT2D eigenvalue weighted by atomic mass is 9.68. The van der Waals surface area contributed by atoms with Gasteiger partial charge in [-0.15, -0.1) is 0 Å². The van der Waals surface area contributed by atoms with Crippen molar-refractivity contribution < 1.29 is 8.78 Å². The summed E-state index contributed by atoms with van der Waals surface area (Å²) >= 11 is 0. The molecule has 0 saturated carbocycles. The number of fused-ring (bicyclic) bond motifs is 1. The second-order valence-electron chi connectivity index (χ2n) is 7.21. The van der Waals surface area contributed by atoms with E-state index in [0.29, 0.717) is 6.42 Å². The third-order valence-electron chi connectivity index (χ3n) is 5.49. The molecular weight excluding hydrogens is 368 g/mol. The third-order valence-corrected chi connectivity index (χ3v) is 5.49. The maximum Gasteiger partial charge on any atom is 0.123 e. The van der Waals surface area contributed by atoms with Crippen LogP contribution in [-0.2, 0) is 11.8 Å². The molecule has 1 N–H and O–H groups in total. The van der Waals surface area contributed by atoms with Crippen molar-refractivity contribution in [3.05, 3.63) is 113 Å². The SMILES string of the molecule is Fc1cccc(C2(c3cccc(F)c3)C=Cc3c(-c4cccnc4)n[nH]c3C2)c1. The van der Waals surface area contributed by atoms with Crippen LogP contribution in [0.3, 0.4) is 0 Å². The summed E-state index contributed by atoms with van der Waals surface area (Å²) in [5, 5.41) is 7.62. The van der Waals surface area contributed by atoms with Gasteiger partial charge in [-0.1, -0.05) is 36.4 Å². The average molecular weight is 385 g/mol. The van der Waals surface area contributed by atoms with Crippen molar-refractivity contribution in [1.29, 1.82) is 0 Å². The van der Waals surface area contributed by atoms with Crippen LogP contribution in [0.4, 0.5) is 8.78 Å². The zero-order valence-corrected chi connectivity index (χ0v) is 15.4. The molecule has 1 aliphatic carbocycles. The molecule has 5 heteroatoms. The van der Waals surface area contributed by atoms with Crippen molar-refractivity contribution >= 4 is 6.08 Å². The molecule has 5 rings (SSSR count). The van der Waals surface area contributed by atoms with Gasteiger partial charge in [0.15, 0.2) is 0 Å². The normalized spacial score (nSPS) is 14.6. The van der Waals surface area contributed by atoms with Crippen LogP contribution in [0.25, 0.3) is 17.3 Å². The Hall–Kier alpha value is -3.60. The first kappa shape index (κ1) is 17.5. The van der Waals surface area contributed by atoms with E-state index in [2.05, 4.69) is 15.2 Å². The molecule has 0 radical (unpaired) electrons. The zero-order chi connectivity index (χ0) is 19.8. The quantitative estimate of drug-likeness (QED) is 0.520. The molecule has 0 amide bonds. The Morgan fingerprint density at radius 2 is 1.62 bits per heavy atom. The topological polar surface area (TPSA) is 41.6 Å². The molecule has 0 unspecified atom stereocenters. The number of benzene rings is 2. The highest BCUT2D eigenvalue weighted by Gasteiger charge is 2.37. The predicted octanol–water partition coefficient (Wildman–Crippen LogP) is 5.31. The highest BCUT2D eigenvalue weighted by atomic mass is 19.1. The molecular formula is C24H17F2N3. The van der Waals surface area contributed by atoms with Crippen molar-refractivity contribution in [3.8, 4) is 11.3 Å². The van der Waals surface area contributed by atoms with Gasteiger partial charge in [-0.3, -0.25) is 10.1 Å². The summed E-state index contributed by atoms with van der Waals surface area (Å²) in [6.45, 7) is 0. The molecule has 2 heterocycles. The van der Waals surface area contributed by atoms with Gasteiger partial charge in [-0.25, -0.2) is 8.78 Å². The van der Waals surface area contributed by atoms with Crippen molar-refractivity contribution in [2.24, 2.45) is 0 Å². The second kappa shape index (κ2) is 6.78. The van der Waals surface area contributed by atoms with Crippen molar-refractivity contribution in [3.63, 3.8) is 0 Å². The van der Waals surface area contributed by atoms with Gasteiger partial charge in [-0.2, -0.15) is 5.10 Å². The van der Waals surface area contributed by atoms with Crippen LogP contribution in [0.2, 0.25) is 0 Å². The second-order valence-corrected chi connectivity index (χ2v) is 7.21. The fourth-order valence-electron chi connectivity index (χ4n) is 4.08. The van der Waals surface area contributed by atoms with E-state index in [1.54, 1.807) is 24.5 Å². The highest BCUT2D eigenvalue weighted by Crippen LogP contribution is 2.43. The molecule has 0 bridgehead atoms. The van der Waals surface area contributed by atoms with Crippen molar-refractivity contribution in [2.45, 2.75) is 11.8 Å². The summed E-state index contributed by atoms with van der Waals surface area (Å²) in [4.78, 5) is 4.17. The maximum atomic E-state index is 14.1. The number of hydrogen-bond donors (Lipinski definition) is 1. The number of allylic oxidation sites excluding steroid dienone is 1. The Balaban J connectivity index is 1.68. The Labute approximate surface area is 166 Å². The van der Waals surface area contributed by atoms with Gasteiger partial charge in [0.25, 0.3) is 0 Å². The van der Waals surface area contributed by atoms with E-state index in [-0.39, 0.29) is 11.6 Å². The average Bonchev–Trinajstić information content (AvgIpc) is 3.17. The minimum atomic E-state index is -0.698. The fraction of sp³-hybridized carbons (Fsp3) is 0.0833. The minimum Gasteiger partial charge on any atom is -0.281 e. The molecule has 2 aromatic heterocycles. The smallest absolute Gasteiger partial charge is 0.123 e. The van der Waals surface area contributed by atoms with Gasteiger partial charge in [-0.05, 0) is 47.5 Å². The van der Waals surface area contributed by atoms with E-state index in [1.807, 2.05) is 36.4 Å². The maximum absolute atomic E-state index is 14.1. The number of aromatic nitrogens is 3. The number of nitrogens with zero attached hydrogens (tertiary/aromatic N) is 2. The summed E-state index contributed by atoms with van der Waals surface area (Å²) in [5.74, 6) is -0.642. The molecule has 0 atom stereocenters. The Morgan fingerprint density at radius 3 is 2.24 bits per heavy atom. The number of rotatable bonds is 3. The van der Waals surface area contributed by atoms with Crippen LogP contribution in [0.5, 0.6) is 0 Å². The van der Waals surface area contributed by atoms with E-state index < -0.39 is 5.41 Å². The number of nitrogens with one attached hydrogen (secondary N) is 1. The lowest BCUT2D eigenvalue weighted by molar-refractivity contribution is 0.582. The summed E-state index contributed by atoms with van der Waals surface area (Å²) in [5.41, 5.74) is 4.46. The Bertz CT molecular complexity index is 1170. The largest absolute Gasteiger partial charge is 0.281 e. The van der Waals surface area contributed by atoms with Crippen LogP contribution in [0.1, 0.15) is 22.4 Å². The Morgan fingerprint density at radius 1 is 0.897 bits per heavy atom. The van der Waals surface area contributed by atoms with Gasteiger partial charge >= 0.3 is 0 Å². The monoisotopic (exact) mass is 385 g/mol. The summed E-state index contributed by atoms with van der Waals surface area (Å²) < 4.78 is 28.2. The van der Waals surface area contributed by atoms with Crippen LogP contribution in [0.15, 0.2) is 79.1 Å². The zero-order valence-electron chi connectivity index (χ0n) is 15.4. The Kier molecular flexibility index (Phi) is 4.09. The van der Waals surface area contributed by atoms with Crippen LogP contribution in [0, 0.1) is 11.6 Å². The molecule has 0 fully saturated rings. The third kappa shape index (κ3) is 2.95. The minimum absolute atomic E-state index is 0.321. The first-order chi connectivity index (χ1) is 14.2.